The van der Waals surface area contributed by atoms with Crippen molar-refractivity contribution in [1.82, 2.24) is 40.6 Å². The largest absolute Gasteiger partial charge is 0.477 e. The number of aromatic nitrogens is 4. The summed E-state index contributed by atoms with van der Waals surface area (Å²) in [7, 11) is 0. The molecule has 18 heteroatoms. The fraction of sp³-hybridized carbons (Fsp3) is 0.696. The number of β-lactam (4-membered cyclic amide) rings is 1. The molecule has 5 rings (SSSR count). The Morgan fingerprint density at radius 2 is 2.05 bits per heavy atom. The maximum Gasteiger partial charge on any atom is 0.453 e. The lowest BCUT2D eigenvalue weighted by atomic mass is 9.78. The number of rotatable bonds is 8. The molecular formula is C23H30F3N9O5S. The topological polar surface area (TPSA) is 189 Å². The Balaban J connectivity index is 1.23. The Morgan fingerprint density at radius 1 is 1.32 bits per heavy atom. The van der Waals surface area contributed by atoms with Crippen LogP contribution in [0.1, 0.15) is 32.5 Å². The first-order valence-electron chi connectivity index (χ1n) is 13.2. The molecule has 224 valence electrons. The van der Waals surface area contributed by atoms with Crippen LogP contribution in [0.4, 0.5) is 13.2 Å². The third-order valence-electron chi connectivity index (χ3n) is 8.02. The lowest BCUT2D eigenvalue weighted by molar-refractivity contribution is -0.158. The molecule has 4 aliphatic rings. The van der Waals surface area contributed by atoms with E-state index in [0.29, 0.717) is 35.6 Å². The number of nitrogens with zero attached hydrogens (tertiary/aromatic N) is 6. The number of likely N-dealkylation sites (tertiary alicyclic amines) is 1. The van der Waals surface area contributed by atoms with E-state index in [1.54, 1.807) is 18.7 Å². The summed E-state index contributed by atoms with van der Waals surface area (Å²) in [5.74, 6) is -5.21. The van der Waals surface area contributed by atoms with Crippen molar-refractivity contribution < 1.29 is 37.5 Å². The second kappa shape index (κ2) is 10.9. The Morgan fingerprint density at radius 3 is 2.68 bits per heavy atom. The molecule has 0 radical (unpaired) electrons. The van der Waals surface area contributed by atoms with Crippen molar-refractivity contribution in [3.8, 4) is 0 Å². The van der Waals surface area contributed by atoms with E-state index in [1.807, 2.05) is 0 Å². The predicted molar refractivity (Wildman–Crippen MR) is 135 cm³/mol. The highest BCUT2D eigenvalue weighted by Gasteiger charge is 2.60. The molecule has 7 atom stereocenters. The van der Waals surface area contributed by atoms with Crippen LogP contribution in [-0.2, 0) is 31.9 Å². The molecule has 3 saturated heterocycles. The summed E-state index contributed by atoms with van der Waals surface area (Å²) >= 11 is 1.34. The second-order valence-electron chi connectivity index (χ2n) is 10.8. The predicted octanol–water partition coefficient (Wildman–Crippen LogP) is -1.01. The van der Waals surface area contributed by atoms with Crippen LogP contribution >= 0.6 is 11.8 Å². The van der Waals surface area contributed by atoms with Gasteiger partial charge in [0, 0.05) is 47.8 Å². The van der Waals surface area contributed by atoms with Gasteiger partial charge in [-0.05, 0) is 30.2 Å². The number of tetrazole rings is 1. The number of carbonyl (C=O) groups excluding carboxylic acids is 3. The van der Waals surface area contributed by atoms with Gasteiger partial charge < -0.3 is 31.3 Å². The number of nitrogens with one attached hydrogen (secondary N) is 2. The maximum absolute atomic E-state index is 13.1. The van der Waals surface area contributed by atoms with Crippen molar-refractivity contribution in [3.63, 3.8) is 0 Å². The first-order chi connectivity index (χ1) is 19.3. The van der Waals surface area contributed by atoms with Crippen LogP contribution in [0.15, 0.2) is 10.6 Å². The summed E-state index contributed by atoms with van der Waals surface area (Å²) in [5, 5.41) is 24.7. The average molecular weight is 602 g/mol. The van der Waals surface area contributed by atoms with E-state index in [0.717, 1.165) is 6.42 Å². The second-order valence-corrected chi connectivity index (χ2v) is 12.2. The summed E-state index contributed by atoms with van der Waals surface area (Å²) in [6.07, 6.45) is -3.61. The number of amides is 3. The van der Waals surface area contributed by atoms with Gasteiger partial charge in [0.05, 0.1) is 18.0 Å². The monoisotopic (exact) mass is 601 g/mol. The molecule has 3 amide bonds. The number of carboxylic acids is 1. The van der Waals surface area contributed by atoms with Crippen LogP contribution in [0.2, 0.25) is 0 Å². The van der Waals surface area contributed by atoms with Gasteiger partial charge in [-0.1, -0.05) is 6.92 Å². The van der Waals surface area contributed by atoms with E-state index in [-0.39, 0.29) is 28.8 Å². The molecule has 1 aromatic heterocycles. The van der Waals surface area contributed by atoms with E-state index < -0.39 is 60.4 Å². The van der Waals surface area contributed by atoms with Gasteiger partial charge in [-0.25, -0.2) is 9.48 Å². The van der Waals surface area contributed by atoms with Crippen LogP contribution < -0.4 is 16.4 Å². The third-order valence-corrected chi connectivity index (χ3v) is 9.53. The highest BCUT2D eigenvalue weighted by molar-refractivity contribution is 8.03. The number of nitrogens with two attached hydrogens (primary N) is 1. The molecule has 0 aliphatic carbocycles. The number of aliphatic carboxylic acids is 1. The van der Waals surface area contributed by atoms with Crippen molar-refractivity contribution >= 4 is 35.5 Å². The molecule has 4 aliphatic heterocycles. The van der Waals surface area contributed by atoms with Crippen LogP contribution in [-0.4, -0.2) is 108 Å². The molecule has 1 unspecified atom stereocenters. The molecule has 14 nitrogen and oxygen atoms in total. The van der Waals surface area contributed by atoms with Gasteiger partial charge in [-0.2, -0.15) is 13.2 Å². The van der Waals surface area contributed by atoms with E-state index in [1.165, 1.54) is 16.7 Å². The normalized spacial score (nSPS) is 30.4. The van der Waals surface area contributed by atoms with Crippen molar-refractivity contribution in [3.05, 3.63) is 16.4 Å². The summed E-state index contributed by atoms with van der Waals surface area (Å²) in [6, 6.07) is -1.79. The van der Waals surface area contributed by atoms with Crippen molar-refractivity contribution in [2.75, 3.05) is 19.6 Å². The summed E-state index contributed by atoms with van der Waals surface area (Å²) in [5.41, 5.74) is 5.81. The average Bonchev–Trinajstić information content (AvgIpc) is 3.66. The van der Waals surface area contributed by atoms with Gasteiger partial charge in [0.2, 0.25) is 17.7 Å². The zero-order valence-corrected chi connectivity index (χ0v) is 23.0. The Labute approximate surface area is 236 Å². The molecule has 0 bridgehead atoms. The number of hydrogen-bond donors (Lipinski definition) is 4. The van der Waals surface area contributed by atoms with Crippen molar-refractivity contribution in [2.24, 2.45) is 17.6 Å². The van der Waals surface area contributed by atoms with Crippen LogP contribution in [0.3, 0.4) is 0 Å². The highest BCUT2D eigenvalue weighted by Crippen LogP contribution is 2.52. The Kier molecular flexibility index (Phi) is 7.75. The van der Waals surface area contributed by atoms with Gasteiger partial charge in [-0.15, -0.1) is 16.9 Å². The lowest BCUT2D eigenvalue weighted by Gasteiger charge is -2.47. The zero-order chi connectivity index (χ0) is 29.8. The van der Waals surface area contributed by atoms with Crippen LogP contribution in [0, 0.1) is 11.8 Å². The van der Waals surface area contributed by atoms with Crippen molar-refractivity contribution in [2.45, 2.75) is 68.8 Å². The Bertz CT molecular complexity index is 1290. The van der Waals surface area contributed by atoms with Crippen molar-refractivity contribution in [1.29, 1.82) is 0 Å². The van der Waals surface area contributed by atoms with Gasteiger partial charge in [-0.3, -0.25) is 14.4 Å². The standard InChI is InChI=1S/C23H30F3N9O5S/c1-9-16-15(10(2)29-14(36)8-34-22(23(24,25)26)30-31-32-34)20(38)35(16)17(21(39)40)18(9)41-12-5-13(28-6-12)19(37)33-4-3-11(27)7-33/h9-13,15-16,28H,3-8,27H2,1-2H3,(H,29,36)(H,39,40)/t9-,10-,11-,12+,13?,15-,16-/m1/s1. The lowest BCUT2D eigenvalue weighted by Crippen LogP contribution is -2.66. The molecule has 1 aromatic rings. The molecule has 5 N–H and O–H groups in total. The highest BCUT2D eigenvalue weighted by atomic mass is 32.2. The number of carbonyl (C=O) groups is 4. The Hall–Kier alpha value is -3.25. The SMILES string of the molecule is C[C@@H](NC(=O)Cn1nnnc1C(F)(F)F)[C@H]1C(=O)N2C(C(=O)O)=C(S[C@@H]3CNC(C(=O)N4CC[C@@H](N)C4)C3)[C@H](C)[C@H]12. The first kappa shape index (κ1) is 29.2. The number of thioether (sulfide) groups is 1. The molecule has 5 heterocycles. The quantitative estimate of drug-likeness (QED) is 0.267. The molecule has 3 fully saturated rings. The fourth-order valence-corrected chi connectivity index (χ4v) is 7.58. The molecule has 0 aromatic carbocycles. The van der Waals surface area contributed by atoms with E-state index in [4.69, 9.17) is 5.73 Å². The minimum Gasteiger partial charge on any atom is -0.477 e. The number of fused-ring (bicyclic) bond motifs is 1. The summed E-state index contributed by atoms with van der Waals surface area (Å²) in [6.45, 7) is 4.13. The van der Waals surface area contributed by atoms with Gasteiger partial charge >= 0.3 is 12.1 Å². The number of hydrogen-bond acceptors (Lipinski definition) is 10. The maximum atomic E-state index is 13.1. The molecule has 41 heavy (non-hydrogen) atoms. The number of halogens is 3. The van der Waals surface area contributed by atoms with Crippen LogP contribution in [0.25, 0.3) is 0 Å². The third kappa shape index (κ3) is 5.39. The van der Waals surface area contributed by atoms with Crippen LogP contribution in [0.5, 0.6) is 0 Å². The fourth-order valence-electron chi connectivity index (χ4n) is 6.10. The number of alkyl halides is 3. The minimum absolute atomic E-state index is 0.0272. The van der Waals surface area contributed by atoms with Gasteiger partial charge in [0.25, 0.3) is 5.82 Å². The van der Waals surface area contributed by atoms with E-state index in [9.17, 15) is 37.5 Å². The number of carboxylic acid groups (broad SMARTS) is 1. The van der Waals surface area contributed by atoms with Gasteiger partial charge in [0.1, 0.15) is 12.2 Å². The summed E-state index contributed by atoms with van der Waals surface area (Å²) in [4.78, 5) is 54.3. The molecular weight excluding hydrogens is 571 g/mol. The van der Waals surface area contributed by atoms with E-state index in [2.05, 4.69) is 26.2 Å². The first-order valence-corrected chi connectivity index (χ1v) is 14.0. The van der Waals surface area contributed by atoms with Gasteiger partial charge in [0.15, 0.2) is 0 Å². The van der Waals surface area contributed by atoms with E-state index >= 15 is 0 Å². The zero-order valence-electron chi connectivity index (χ0n) is 22.2. The summed E-state index contributed by atoms with van der Waals surface area (Å²) < 4.78 is 39.4. The minimum atomic E-state index is -4.85. The molecule has 0 saturated carbocycles. The molecule has 0 spiro atoms. The smallest absolute Gasteiger partial charge is 0.453 e.